The van der Waals surface area contributed by atoms with Gasteiger partial charge < -0.3 is 0 Å². The Balaban J connectivity index is 1.51. The van der Waals surface area contributed by atoms with Gasteiger partial charge in [-0.3, -0.25) is 4.79 Å². The average molecular weight is 520 g/mol. The molecular weight excluding hydrogens is 498 g/mol. The lowest BCUT2D eigenvalue weighted by Gasteiger charge is -2.44. The van der Waals surface area contributed by atoms with Crippen LogP contribution < -0.4 is 0 Å². The number of Topliss-reactive ketones (excluding diaryl/α,β-unsaturated/α-hetero) is 1. The van der Waals surface area contributed by atoms with Gasteiger partial charge in [0.25, 0.3) is 0 Å². The molecule has 0 bridgehead atoms. The summed E-state index contributed by atoms with van der Waals surface area (Å²) in [5, 5.41) is 4.39. The van der Waals surface area contributed by atoms with Crippen molar-refractivity contribution in [1.82, 2.24) is 14.1 Å². The summed E-state index contributed by atoms with van der Waals surface area (Å²) in [6.45, 7) is 1.22. The van der Waals surface area contributed by atoms with Gasteiger partial charge >= 0.3 is 6.18 Å². The Morgan fingerprint density at radius 3 is 2.50 bits per heavy atom. The number of rotatable bonds is 4. The topological polar surface area (TPSA) is 72.3 Å². The zero-order valence-corrected chi connectivity index (χ0v) is 19.9. The molecular formula is C25H21F4N3O3S. The first kappa shape index (κ1) is 24.4. The first-order valence-corrected chi connectivity index (χ1v) is 12.6. The molecule has 5 rings (SSSR count). The summed E-state index contributed by atoms with van der Waals surface area (Å²) in [7, 11) is -4.29. The lowest BCUT2D eigenvalue weighted by molar-refractivity contribution is -0.137. The summed E-state index contributed by atoms with van der Waals surface area (Å²) in [6.07, 6.45) is -0.846. The number of carbonyl (C=O) groups excluding carboxylic acids is 1. The fourth-order valence-corrected chi connectivity index (χ4v) is 6.50. The van der Waals surface area contributed by atoms with Crippen molar-refractivity contribution < 1.29 is 30.8 Å². The minimum atomic E-state index is -4.69. The number of hydrogen-bond donors (Lipinski definition) is 0. The van der Waals surface area contributed by atoms with E-state index in [9.17, 15) is 30.8 Å². The molecule has 0 spiro atoms. The molecule has 1 aromatic heterocycles. The number of ketones is 1. The second kappa shape index (κ2) is 8.38. The molecule has 188 valence electrons. The highest BCUT2D eigenvalue weighted by Gasteiger charge is 2.49. The summed E-state index contributed by atoms with van der Waals surface area (Å²) in [6, 6.07) is 9.41. The Hall–Kier alpha value is -3.31. The largest absolute Gasteiger partial charge is 0.416 e. The number of halogens is 4. The quantitative estimate of drug-likeness (QED) is 0.471. The second-order valence-electron chi connectivity index (χ2n) is 9.04. The van der Waals surface area contributed by atoms with Gasteiger partial charge in [0.1, 0.15) is 11.6 Å². The van der Waals surface area contributed by atoms with E-state index in [1.54, 1.807) is 23.0 Å². The van der Waals surface area contributed by atoms with Crippen LogP contribution in [0.15, 0.2) is 65.2 Å². The van der Waals surface area contributed by atoms with Gasteiger partial charge in [-0.1, -0.05) is 11.6 Å². The number of alkyl halides is 3. The van der Waals surface area contributed by atoms with Crippen molar-refractivity contribution in [2.24, 2.45) is 5.41 Å². The summed E-state index contributed by atoms with van der Waals surface area (Å²) in [5.41, 5.74) is 0.602. The van der Waals surface area contributed by atoms with E-state index in [4.69, 9.17) is 0 Å². The van der Waals surface area contributed by atoms with Crippen molar-refractivity contribution in [3.8, 4) is 5.69 Å². The molecule has 3 aromatic rings. The van der Waals surface area contributed by atoms with Crippen molar-refractivity contribution >= 4 is 21.9 Å². The molecule has 6 nitrogen and oxygen atoms in total. The monoisotopic (exact) mass is 519 g/mol. The highest BCUT2D eigenvalue weighted by Crippen LogP contribution is 2.46. The predicted octanol–water partition coefficient (Wildman–Crippen LogP) is 4.64. The Bertz CT molecular complexity index is 1490. The van der Waals surface area contributed by atoms with Crippen LogP contribution in [0.2, 0.25) is 0 Å². The molecule has 1 atom stereocenters. The van der Waals surface area contributed by atoms with Crippen molar-refractivity contribution in [3.05, 3.63) is 82.9 Å². The smallest absolute Gasteiger partial charge is 0.299 e. The number of carbonyl (C=O) groups is 1. The SMILES string of the molecule is CC(=O)[C@]12Cc3cnn(-c4ccc(F)cc4)c3C=C1CCN(S(=O)(=O)c1cccc(C(F)(F)F)c1)C2. The average Bonchev–Trinajstić information content (AvgIpc) is 3.24. The Kier molecular flexibility index (Phi) is 5.68. The van der Waals surface area contributed by atoms with E-state index in [0.717, 1.165) is 39.3 Å². The number of aromatic nitrogens is 2. The third kappa shape index (κ3) is 3.96. The van der Waals surface area contributed by atoms with Crippen LogP contribution >= 0.6 is 0 Å². The molecule has 1 aliphatic heterocycles. The molecule has 0 N–H and O–H groups in total. The van der Waals surface area contributed by atoms with E-state index < -0.39 is 32.1 Å². The molecule has 11 heteroatoms. The van der Waals surface area contributed by atoms with E-state index in [-0.39, 0.29) is 37.5 Å². The van der Waals surface area contributed by atoms with Gasteiger partial charge in [0.05, 0.1) is 33.5 Å². The van der Waals surface area contributed by atoms with Gasteiger partial charge in [-0.05, 0) is 73.9 Å². The number of fused-ring (bicyclic) bond motifs is 2. The maximum absolute atomic E-state index is 13.4. The third-order valence-electron chi connectivity index (χ3n) is 6.93. The lowest BCUT2D eigenvalue weighted by atomic mass is 9.66. The Morgan fingerprint density at radius 1 is 1.11 bits per heavy atom. The van der Waals surface area contributed by atoms with Crippen molar-refractivity contribution in [3.63, 3.8) is 0 Å². The number of hydrogen-bond acceptors (Lipinski definition) is 4. The van der Waals surface area contributed by atoms with Crippen molar-refractivity contribution in [2.75, 3.05) is 13.1 Å². The predicted molar refractivity (Wildman–Crippen MR) is 123 cm³/mol. The number of piperidine rings is 1. The third-order valence-corrected chi connectivity index (χ3v) is 8.77. The van der Waals surface area contributed by atoms with Crippen LogP contribution in [0.4, 0.5) is 17.6 Å². The molecule has 0 amide bonds. The Morgan fingerprint density at radius 2 is 1.83 bits per heavy atom. The van der Waals surface area contributed by atoms with Gasteiger partial charge in [-0.15, -0.1) is 0 Å². The number of sulfonamides is 1. The minimum absolute atomic E-state index is 0.0134. The normalized spacial score (nSPS) is 20.4. The van der Waals surface area contributed by atoms with Gasteiger partial charge in [-0.25, -0.2) is 17.5 Å². The standard InChI is InChI=1S/C25H21F4N3O3S/c1-16(33)24-13-17-14-30-32(21-7-5-20(26)6-8-21)23(17)12-18(24)9-10-31(15-24)36(34,35)22-4-2-3-19(11-22)25(27,28)29/h2-8,11-12,14H,9-10,13,15H2,1H3/t24-/m1/s1. The molecule has 1 fully saturated rings. The number of benzene rings is 2. The summed E-state index contributed by atoms with van der Waals surface area (Å²) < 4.78 is 82.4. The molecule has 2 heterocycles. The molecule has 2 aromatic carbocycles. The van der Waals surface area contributed by atoms with Crippen molar-refractivity contribution in [2.45, 2.75) is 30.8 Å². The zero-order valence-electron chi connectivity index (χ0n) is 19.1. The molecule has 1 saturated heterocycles. The summed E-state index contributed by atoms with van der Waals surface area (Å²) in [5.74, 6) is -0.624. The van der Waals surface area contributed by atoms with Crippen LogP contribution in [0.1, 0.15) is 30.2 Å². The van der Waals surface area contributed by atoms with E-state index in [2.05, 4.69) is 5.10 Å². The highest BCUT2D eigenvalue weighted by atomic mass is 32.2. The highest BCUT2D eigenvalue weighted by molar-refractivity contribution is 7.89. The zero-order chi connectivity index (χ0) is 25.9. The van der Waals surface area contributed by atoms with Crippen LogP contribution in [0.5, 0.6) is 0 Å². The van der Waals surface area contributed by atoms with Crippen molar-refractivity contribution in [1.29, 1.82) is 0 Å². The summed E-state index contributed by atoms with van der Waals surface area (Å²) in [4.78, 5) is 12.5. The van der Waals surface area contributed by atoms with Crippen LogP contribution in [-0.2, 0) is 27.4 Å². The molecule has 36 heavy (non-hydrogen) atoms. The van der Waals surface area contributed by atoms with E-state index >= 15 is 0 Å². The fraction of sp³-hybridized carbons (Fsp3) is 0.280. The Labute approximate surface area is 204 Å². The van der Waals surface area contributed by atoms with E-state index in [1.165, 1.54) is 19.1 Å². The first-order valence-electron chi connectivity index (χ1n) is 11.1. The van der Waals surface area contributed by atoms with Gasteiger partial charge in [0.15, 0.2) is 0 Å². The maximum Gasteiger partial charge on any atom is 0.416 e. The molecule has 2 aliphatic rings. The van der Waals surface area contributed by atoms with E-state index in [1.807, 2.05) is 6.08 Å². The fourth-order valence-electron chi connectivity index (χ4n) is 4.95. The molecule has 0 unspecified atom stereocenters. The van der Waals surface area contributed by atoms with E-state index in [0.29, 0.717) is 11.8 Å². The van der Waals surface area contributed by atoms with Crippen LogP contribution in [0.25, 0.3) is 11.8 Å². The summed E-state index contributed by atoms with van der Waals surface area (Å²) >= 11 is 0. The lowest BCUT2D eigenvalue weighted by Crippen LogP contribution is -2.52. The first-order chi connectivity index (χ1) is 16.9. The van der Waals surface area contributed by atoms with Gasteiger partial charge in [0, 0.05) is 13.1 Å². The number of nitrogens with zero attached hydrogens (tertiary/aromatic N) is 3. The maximum atomic E-state index is 13.4. The second-order valence-corrected chi connectivity index (χ2v) is 11.0. The molecule has 0 radical (unpaired) electrons. The van der Waals surface area contributed by atoms with Crippen LogP contribution in [0, 0.1) is 11.2 Å². The van der Waals surface area contributed by atoms with Gasteiger partial charge in [0.2, 0.25) is 10.0 Å². The van der Waals surface area contributed by atoms with Crippen LogP contribution in [0.3, 0.4) is 0 Å². The van der Waals surface area contributed by atoms with Crippen LogP contribution in [-0.4, -0.2) is 41.4 Å². The van der Waals surface area contributed by atoms with Gasteiger partial charge in [-0.2, -0.15) is 22.6 Å². The minimum Gasteiger partial charge on any atom is -0.299 e. The molecule has 1 aliphatic carbocycles. The molecule has 0 saturated carbocycles.